The highest BCUT2D eigenvalue weighted by atomic mass is 35.5. The van der Waals surface area contributed by atoms with Gasteiger partial charge in [0.1, 0.15) is 0 Å². The molecule has 0 saturated heterocycles. The molecule has 1 aliphatic carbocycles. The summed E-state index contributed by atoms with van der Waals surface area (Å²) in [6, 6.07) is 9.46. The molecular formula is C17H21ClN2S. The van der Waals surface area contributed by atoms with E-state index in [2.05, 4.69) is 39.9 Å². The van der Waals surface area contributed by atoms with Crippen molar-refractivity contribution < 1.29 is 0 Å². The standard InChI is InChI=1S/C17H21ClN2S/c1-12-2-3-14(8-16(12)18)17(9-19)20(15-4-5-15)10-13-6-7-21-11-13/h2-3,6-8,11,15,17H,4-5,9-10,19H2,1H3. The fourth-order valence-electron chi connectivity index (χ4n) is 2.77. The molecule has 3 rings (SSSR count). The molecule has 2 nitrogen and oxygen atoms in total. The van der Waals surface area contributed by atoms with Gasteiger partial charge in [-0.25, -0.2) is 0 Å². The third kappa shape index (κ3) is 3.49. The van der Waals surface area contributed by atoms with Gasteiger partial charge in [0.05, 0.1) is 0 Å². The number of nitrogens with zero attached hydrogens (tertiary/aromatic N) is 1. The molecule has 1 aromatic heterocycles. The summed E-state index contributed by atoms with van der Waals surface area (Å²) >= 11 is 8.05. The van der Waals surface area contributed by atoms with E-state index in [-0.39, 0.29) is 6.04 Å². The van der Waals surface area contributed by atoms with Gasteiger partial charge >= 0.3 is 0 Å². The lowest BCUT2D eigenvalue weighted by molar-refractivity contribution is 0.182. The number of hydrogen-bond acceptors (Lipinski definition) is 3. The van der Waals surface area contributed by atoms with Crippen LogP contribution in [0.3, 0.4) is 0 Å². The van der Waals surface area contributed by atoms with E-state index in [1.807, 2.05) is 6.92 Å². The average molecular weight is 321 g/mol. The predicted molar refractivity (Wildman–Crippen MR) is 90.9 cm³/mol. The fraction of sp³-hybridized carbons (Fsp3) is 0.412. The first-order valence-corrected chi connectivity index (χ1v) is 8.74. The summed E-state index contributed by atoms with van der Waals surface area (Å²) in [5.74, 6) is 0. The van der Waals surface area contributed by atoms with Crippen LogP contribution in [0.1, 0.15) is 35.6 Å². The highest BCUT2D eigenvalue weighted by Crippen LogP contribution is 2.36. The molecule has 0 bridgehead atoms. The highest BCUT2D eigenvalue weighted by Gasteiger charge is 2.34. The minimum atomic E-state index is 0.246. The number of benzene rings is 1. The van der Waals surface area contributed by atoms with E-state index >= 15 is 0 Å². The summed E-state index contributed by atoms with van der Waals surface area (Å²) in [5.41, 5.74) is 9.83. The van der Waals surface area contributed by atoms with Gasteiger partial charge in [0, 0.05) is 30.2 Å². The molecule has 2 aromatic rings. The van der Waals surface area contributed by atoms with Crippen molar-refractivity contribution >= 4 is 22.9 Å². The molecule has 4 heteroatoms. The van der Waals surface area contributed by atoms with Crippen molar-refractivity contribution in [1.29, 1.82) is 0 Å². The molecular weight excluding hydrogens is 300 g/mol. The maximum absolute atomic E-state index is 6.30. The third-order valence-corrected chi connectivity index (χ3v) is 5.30. The monoisotopic (exact) mass is 320 g/mol. The lowest BCUT2D eigenvalue weighted by Gasteiger charge is -2.31. The Balaban J connectivity index is 1.86. The quantitative estimate of drug-likeness (QED) is 0.856. The fourth-order valence-corrected chi connectivity index (χ4v) is 3.62. The van der Waals surface area contributed by atoms with Crippen LogP contribution in [-0.2, 0) is 6.54 Å². The van der Waals surface area contributed by atoms with Gasteiger partial charge < -0.3 is 5.73 Å². The molecule has 1 saturated carbocycles. The van der Waals surface area contributed by atoms with E-state index in [4.69, 9.17) is 17.3 Å². The van der Waals surface area contributed by atoms with Crippen molar-refractivity contribution in [2.45, 2.75) is 38.4 Å². The molecule has 1 heterocycles. The second-order valence-electron chi connectivity index (χ2n) is 5.80. The molecule has 0 radical (unpaired) electrons. The molecule has 1 aromatic carbocycles. The minimum Gasteiger partial charge on any atom is -0.329 e. The van der Waals surface area contributed by atoms with E-state index in [1.54, 1.807) is 11.3 Å². The molecule has 0 aliphatic heterocycles. The SMILES string of the molecule is Cc1ccc(C(CN)N(Cc2ccsc2)C2CC2)cc1Cl. The van der Waals surface area contributed by atoms with Crippen LogP contribution in [0.5, 0.6) is 0 Å². The Hall–Kier alpha value is -0.870. The number of thiophene rings is 1. The van der Waals surface area contributed by atoms with Crippen molar-refractivity contribution in [3.05, 3.63) is 56.7 Å². The van der Waals surface area contributed by atoms with Crippen LogP contribution in [0.2, 0.25) is 5.02 Å². The van der Waals surface area contributed by atoms with E-state index in [9.17, 15) is 0 Å². The van der Waals surface area contributed by atoms with Crippen LogP contribution in [-0.4, -0.2) is 17.5 Å². The molecule has 0 spiro atoms. The highest BCUT2D eigenvalue weighted by molar-refractivity contribution is 7.07. The van der Waals surface area contributed by atoms with Gasteiger partial charge in [-0.2, -0.15) is 11.3 Å². The summed E-state index contributed by atoms with van der Waals surface area (Å²) in [5, 5.41) is 5.20. The number of halogens is 1. The van der Waals surface area contributed by atoms with E-state index in [1.165, 1.54) is 24.0 Å². The first kappa shape index (κ1) is 15.0. The van der Waals surface area contributed by atoms with Crippen LogP contribution in [0.4, 0.5) is 0 Å². The van der Waals surface area contributed by atoms with Crippen molar-refractivity contribution in [2.75, 3.05) is 6.54 Å². The number of nitrogens with two attached hydrogens (primary N) is 1. The molecule has 1 atom stereocenters. The molecule has 1 aliphatic rings. The van der Waals surface area contributed by atoms with Gasteiger partial charge in [-0.05, 0) is 59.3 Å². The van der Waals surface area contributed by atoms with Gasteiger partial charge in [-0.1, -0.05) is 23.7 Å². The van der Waals surface area contributed by atoms with Crippen molar-refractivity contribution in [1.82, 2.24) is 4.90 Å². The summed E-state index contributed by atoms with van der Waals surface area (Å²) in [6.07, 6.45) is 2.56. The molecule has 2 N–H and O–H groups in total. The second kappa shape index (κ2) is 6.49. The maximum Gasteiger partial charge on any atom is 0.0477 e. The lowest BCUT2D eigenvalue weighted by atomic mass is 10.0. The zero-order chi connectivity index (χ0) is 14.8. The molecule has 0 amide bonds. The first-order chi connectivity index (χ1) is 10.2. The van der Waals surface area contributed by atoms with Crippen LogP contribution in [0.15, 0.2) is 35.0 Å². The largest absolute Gasteiger partial charge is 0.329 e. The van der Waals surface area contributed by atoms with Crippen molar-refractivity contribution in [2.24, 2.45) is 5.73 Å². The van der Waals surface area contributed by atoms with Gasteiger partial charge in [0.15, 0.2) is 0 Å². The van der Waals surface area contributed by atoms with E-state index < -0.39 is 0 Å². The summed E-state index contributed by atoms with van der Waals surface area (Å²) in [7, 11) is 0. The third-order valence-electron chi connectivity index (χ3n) is 4.17. The number of rotatable bonds is 6. The van der Waals surface area contributed by atoms with Gasteiger partial charge in [0.25, 0.3) is 0 Å². The Bertz CT molecular complexity index is 593. The molecule has 112 valence electrons. The van der Waals surface area contributed by atoms with Crippen molar-refractivity contribution in [3.63, 3.8) is 0 Å². The van der Waals surface area contributed by atoms with Gasteiger partial charge in [-0.15, -0.1) is 0 Å². The number of hydrogen-bond donors (Lipinski definition) is 1. The number of aryl methyl sites for hydroxylation is 1. The molecule has 1 unspecified atom stereocenters. The predicted octanol–water partition coefficient (Wildman–Crippen LogP) is 4.37. The molecule has 1 fully saturated rings. The summed E-state index contributed by atoms with van der Waals surface area (Å²) in [6.45, 7) is 3.63. The zero-order valence-electron chi connectivity index (χ0n) is 12.3. The van der Waals surface area contributed by atoms with Crippen LogP contribution < -0.4 is 5.73 Å². The summed E-state index contributed by atoms with van der Waals surface area (Å²) < 4.78 is 0. The van der Waals surface area contributed by atoms with Crippen LogP contribution in [0, 0.1) is 6.92 Å². The van der Waals surface area contributed by atoms with E-state index in [0.29, 0.717) is 12.6 Å². The summed E-state index contributed by atoms with van der Waals surface area (Å²) in [4.78, 5) is 2.54. The topological polar surface area (TPSA) is 29.3 Å². The lowest BCUT2D eigenvalue weighted by Crippen LogP contribution is -2.35. The van der Waals surface area contributed by atoms with Crippen LogP contribution in [0.25, 0.3) is 0 Å². The van der Waals surface area contributed by atoms with Gasteiger partial charge in [-0.3, -0.25) is 4.90 Å². The van der Waals surface area contributed by atoms with Crippen LogP contribution >= 0.6 is 22.9 Å². The minimum absolute atomic E-state index is 0.246. The smallest absolute Gasteiger partial charge is 0.0477 e. The van der Waals surface area contributed by atoms with Crippen molar-refractivity contribution in [3.8, 4) is 0 Å². The normalized spacial score (nSPS) is 16.4. The Morgan fingerprint density at radius 3 is 2.76 bits per heavy atom. The average Bonchev–Trinajstić information content (AvgIpc) is 3.20. The first-order valence-electron chi connectivity index (χ1n) is 7.42. The van der Waals surface area contributed by atoms with Gasteiger partial charge in [0.2, 0.25) is 0 Å². The Morgan fingerprint density at radius 2 is 2.19 bits per heavy atom. The second-order valence-corrected chi connectivity index (χ2v) is 6.98. The Morgan fingerprint density at radius 1 is 1.38 bits per heavy atom. The zero-order valence-corrected chi connectivity index (χ0v) is 13.8. The Kier molecular flexibility index (Phi) is 4.65. The maximum atomic E-state index is 6.30. The van der Waals surface area contributed by atoms with E-state index in [0.717, 1.165) is 17.1 Å². The molecule has 21 heavy (non-hydrogen) atoms. The Labute approximate surface area is 135 Å².